The highest BCUT2D eigenvalue weighted by Crippen LogP contribution is 2.10. The molecule has 0 amide bonds. The molecule has 0 aliphatic rings. The number of esters is 1. The first-order valence-electron chi connectivity index (χ1n) is 4.95. The third kappa shape index (κ3) is 4.04. The first kappa shape index (κ1) is 12.2. The van der Waals surface area contributed by atoms with Gasteiger partial charge < -0.3 is 4.74 Å². The molecule has 2 nitrogen and oxygen atoms in total. The van der Waals surface area contributed by atoms with Crippen molar-refractivity contribution < 1.29 is 9.53 Å². The standard InChI is InChI=1S/C12H15BrO2/c1-9-6-10(2)8-11(7-9)12(14)15-5-3-4-13/h6-8H,3-5H2,1-2H3. The molecule has 82 valence electrons. The third-order valence-corrected chi connectivity index (χ3v) is 2.53. The Morgan fingerprint density at radius 2 is 1.87 bits per heavy atom. The molecule has 0 bridgehead atoms. The largest absolute Gasteiger partial charge is 0.462 e. The van der Waals surface area contributed by atoms with E-state index in [-0.39, 0.29) is 5.97 Å². The number of carbonyl (C=O) groups is 1. The summed E-state index contributed by atoms with van der Waals surface area (Å²) in [5.41, 5.74) is 2.81. The van der Waals surface area contributed by atoms with Crippen molar-refractivity contribution in [2.75, 3.05) is 11.9 Å². The van der Waals surface area contributed by atoms with Crippen molar-refractivity contribution in [1.29, 1.82) is 0 Å². The van der Waals surface area contributed by atoms with Crippen LogP contribution >= 0.6 is 15.9 Å². The minimum atomic E-state index is -0.234. The molecule has 0 saturated carbocycles. The van der Waals surface area contributed by atoms with Gasteiger partial charge in [-0.3, -0.25) is 0 Å². The first-order valence-corrected chi connectivity index (χ1v) is 6.07. The molecule has 0 radical (unpaired) electrons. The molecule has 0 fully saturated rings. The fourth-order valence-corrected chi connectivity index (χ4v) is 1.62. The number of carbonyl (C=O) groups excluding carboxylic acids is 1. The predicted octanol–water partition coefficient (Wildman–Crippen LogP) is 3.25. The lowest BCUT2D eigenvalue weighted by molar-refractivity contribution is 0.0506. The molecule has 0 unspecified atom stereocenters. The normalized spacial score (nSPS) is 10.1. The average molecular weight is 271 g/mol. The van der Waals surface area contributed by atoms with Gasteiger partial charge in [-0.1, -0.05) is 33.1 Å². The summed E-state index contributed by atoms with van der Waals surface area (Å²) in [6.07, 6.45) is 0.844. The van der Waals surface area contributed by atoms with Crippen LogP contribution in [0.25, 0.3) is 0 Å². The summed E-state index contributed by atoms with van der Waals surface area (Å²) in [7, 11) is 0. The number of aryl methyl sites for hydroxylation is 2. The van der Waals surface area contributed by atoms with E-state index in [1.54, 1.807) is 0 Å². The lowest BCUT2D eigenvalue weighted by Gasteiger charge is -2.05. The van der Waals surface area contributed by atoms with Crippen LogP contribution in [0.4, 0.5) is 0 Å². The van der Waals surface area contributed by atoms with Gasteiger partial charge in [0, 0.05) is 5.33 Å². The number of alkyl halides is 1. The molecule has 0 heterocycles. The van der Waals surface area contributed by atoms with Crippen molar-refractivity contribution in [3.8, 4) is 0 Å². The van der Waals surface area contributed by atoms with Gasteiger partial charge in [0.05, 0.1) is 12.2 Å². The molecule has 3 heteroatoms. The van der Waals surface area contributed by atoms with E-state index in [4.69, 9.17) is 4.74 Å². The topological polar surface area (TPSA) is 26.3 Å². The van der Waals surface area contributed by atoms with Gasteiger partial charge in [0.15, 0.2) is 0 Å². The van der Waals surface area contributed by atoms with Gasteiger partial charge in [0.2, 0.25) is 0 Å². The van der Waals surface area contributed by atoms with E-state index in [2.05, 4.69) is 15.9 Å². The van der Waals surface area contributed by atoms with Gasteiger partial charge in [0.1, 0.15) is 0 Å². The highest BCUT2D eigenvalue weighted by molar-refractivity contribution is 9.09. The molecule has 1 aromatic rings. The third-order valence-electron chi connectivity index (χ3n) is 1.97. The minimum absolute atomic E-state index is 0.234. The second-order valence-electron chi connectivity index (χ2n) is 3.55. The van der Waals surface area contributed by atoms with Crippen LogP contribution in [0.3, 0.4) is 0 Å². The van der Waals surface area contributed by atoms with E-state index in [0.29, 0.717) is 12.2 Å². The fourth-order valence-electron chi connectivity index (χ4n) is 1.40. The zero-order chi connectivity index (χ0) is 11.3. The molecule has 0 atom stereocenters. The van der Waals surface area contributed by atoms with Crippen LogP contribution in [0.5, 0.6) is 0 Å². The summed E-state index contributed by atoms with van der Waals surface area (Å²) >= 11 is 3.29. The van der Waals surface area contributed by atoms with Crippen LogP contribution in [0.1, 0.15) is 27.9 Å². The number of ether oxygens (including phenoxy) is 1. The van der Waals surface area contributed by atoms with Crippen molar-refractivity contribution in [2.24, 2.45) is 0 Å². The Kier molecular flexibility index (Phi) is 4.82. The molecule has 0 aromatic heterocycles. The quantitative estimate of drug-likeness (QED) is 0.477. The Hall–Kier alpha value is -0.830. The van der Waals surface area contributed by atoms with E-state index in [1.807, 2.05) is 32.0 Å². The lowest BCUT2D eigenvalue weighted by Crippen LogP contribution is -2.07. The SMILES string of the molecule is Cc1cc(C)cc(C(=O)OCCCBr)c1. The van der Waals surface area contributed by atoms with E-state index in [0.717, 1.165) is 22.9 Å². The van der Waals surface area contributed by atoms with Crippen LogP contribution < -0.4 is 0 Å². The average Bonchev–Trinajstić information content (AvgIpc) is 2.16. The summed E-state index contributed by atoms with van der Waals surface area (Å²) in [6, 6.07) is 5.74. The number of halogens is 1. The first-order chi connectivity index (χ1) is 7.13. The second-order valence-corrected chi connectivity index (χ2v) is 4.35. The smallest absolute Gasteiger partial charge is 0.338 e. The second kappa shape index (κ2) is 5.91. The molecule has 0 saturated heterocycles. The van der Waals surface area contributed by atoms with Crippen molar-refractivity contribution in [1.82, 2.24) is 0 Å². The zero-order valence-electron chi connectivity index (χ0n) is 9.05. The highest BCUT2D eigenvalue weighted by Gasteiger charge is 2.07. The maximum Gasteiger partial charge on any atom is 0.338 e. The zero-order valence-corrected chi connectivity index (χ0v) is 10.6. The van der Waals surface area contributed by atoms with Gasteiger partial charge >= 0.3 is 5.97 Å². The Balaban J connectivity index is 2.65. The highest BCUT2D eigenvalue weighted by atomic mass is 79.9. The Bertz CT molecular complexity index is 327. The molecular formula is C12H15BrO2. The fraction of sp³-hybridized carbons (Fsp3) is 0.417. The Morgan fingerprint density at radius 1 is 1.27 bits per heavy atom. The van der Waals surface area contributed by atoms with Crippen molar-refractivity contribution >= 4 is 21.9 Å². The van der Waals surface area contributed by atoms with Crippen LogP contribution in [0.2, 0.25) is 0 Å². The van der Waals surface area contributed by atoms with Crippen LogP contribution in [-0.4, -0.2) is 17.9 Å². The molecule has 0 aliphatic carbocycles. The Labute approximate surface area is 98.8 Å². The van der Waals surface area contributed by atoms with Crippen molar-refractivity contribution in [3.05, 3.63) is 34.9 Å². The van der Waals surface area contributed by atoms with Gasteiger partial charge in [-0.2, -0.15) is 0 Å². The Morgan fingerprint density at radius 3 is 2.40 bits per heavy atom. The molecule has 1 aromatic carbocycles. The molecule has 0 N–H and O–H groups in total. The van der Waals surface area contributed by atoms with Crippen LogP contribution in [-0.2, 0) is 4.74 Å². The summed E-state index contributed by atoms with van der Waals surface area (Å²) in [6.45, 7) is 4.42. The summed E-state index contributed by atoms with van der Waals surface area (Å²) < 4.78 is 5.11. The molecular weight excluding hydrogens is 256 g/mol. The van der Waals surface area contributed by atoms with Gasteiger partial charge in [-0.15, -0.1) is 0 Å². The van der Waals surface area contributed by atoms with Crippen molar-refractivity contribution in [2.45, 2.75) is 20.3 Å². The van der Waals surface area contributed by atoms with Crippen LogP contribution in [0.15, 0.2) is 18.2 Å². The molecule has 0 aliphatic heterocycles. The predicted molar refractivity (Wildman–Crippen MR) is 64.6 cm³/mol. The maximum absolute atomic E-state index is 11.6. The monoisotopic (exact) mass is 270 g/mol. The maximum atomic E-state index is 11.6. The number of hydrogen-bond acceptors (Lipinski definition) is 2. The molecule has 1 rings (SSSR count). The van der Waals surface area contributed by atoms with E-state index >= 15 is 0 Å². The summed E-state index contributed by atoms with van der Waals surface area (Å²) in [5.74, 6) is -0.234. The van der Waals surface area contributed by atoms with E-state index < -0.39 is 0 Å². The van der Waals surface area contributed by atoms with Gasteiger partial charge in [-0.25, -0.2) is 4.79 Å². The molecule has 0 spiro atoms. The summed E-state index contributed by atoms with van der Waals surface area (Å²) in [4.78, 5) is 11.6. The van der Waals surface area contributed by atoms with E-state index in [1.165, 1.54) is 0 Å². The van der Waals surface area contributed by atoms with Crippen LogP contribution in [0, 0.1) is 13.8 Å². The van der Waals surface area contributed by atoms with Gasteiger partial charge in [0.25, 0.3) is 0 Å². The number of benzene rings is 1. The van der Waals surface area contributed by atoms with E-state index in [9.17, 15) is 4.79 Å². The minimum Gasteiger partial charge on any atom is -0.462 e. The lowest BCUT2D eigenvalue weighted by atomic mass is 10.1. The molecule has 15 heavy (non-hydrogen) atoms. The number of rotatable bonds is 4. The number of hydrogen-bond donors (Lipinski definition) is 0. The summed E-state index contributed by atoms with van der Waals surface area (Å²) in [5, 5.41) is 0.854. The van der Waals surface area contributed by atoms with Crippen molar-refractivity contribution in [3.63, 3.8) is 0 Å². The van der Waals surface area contributed by atoms with Gasteiger partial charge in [-0.05, 0) is 32.4 Å².